The van der Waals surface area contributed by atoms with E-state index in [4.69, 9.17) is 5.11 Å². The lowest BCUT2D eigenvalue weighted by Gasteiger charge is -2.09. The first-order valence-corrected chi connectivity index (χ1v) is 6.23. The Labute approximate surface area is 93.4 Å². The zero-order chi connectivity index (χ0) is 12.2. The Balaban J connectivity index is 2.87. The molecule has 0 aliphatic carbocycles. The van der Waals surface area contributed by atoms with Gasteiger partial charge in [0.2, 0.25) is 15.5 Å². The summed E-state index contributed by atoms with van der Waals surface area (Å²) in [6, 6.07) is 1.14. The van der Waals surface area contributed by atoms with Crippen LogP contribution in [-0.2, 0) is 10.0 Å². The van der Waals surface area contributed by atoms with Crippen molar-refractivity contribution in [2.45, 2.75) is 11.8 Å². The molecule has 3 N–H and O–H groups in total. The van der Waals surface area contributed by atoms with Crippen molar-refractivity contribution < 1.29 is 13.5 Å². The van der Waals surface area contributed by atoms with Crippen LogP contribution < -0.4 is 10.2 Å². The SMILES string of the molecule is CC(CO)CNS(=O)(=O)c1c[nH]ccc1=O. The monoisotopic (exact) mass is 246 g/mol. The first-order valence-electron chi connectivity index (χ1n) is 4.75. The van der Waals surface area contributed by atoms with E-state index < -0.39 is 15.5 Å². The number of sulfonamides is 1. The molecule has 0 radical (unpaired) electrons. The topological polar surface area (TPSA) is 99.3 Å². The molecule has 1 rings (SSSR count). The normalized spacial score (nSPS) is 13.6. The van der Waals surface area contributed by atoms with Gasteiger partial charge in [-0.2, -0.15) is 0 Å². The lowest BCUT2D eigenvalue weighted by molar-refractivity contribution is 0.238. The Hall–Kier alpha value is -1.18. The van der Waals surface area contributed by atoms with Crippen LogP contribution in [0.1, 0.15) is 6.92 Å². The van der Waals surface area contributed by atoms with Crippen LogP contribution in [0.25, 0.3) is 0 Å². The lowest BCUT2D eigenvalue weighted by Crippen LogP contribution is -2.32. The number of nitrogens with one attached hydrogen (secondary N) is 2. The molecule has 0 fully saturated rings. The van der Waals surface area contributed by atoms with Gasteiger partial charge < -0.3 is 10.1 Å². The number of aliphatic hydroxyl groups excluding tert-OH is 1. The highest BCUT2D eigenvalue weighted by molar-refractivity contribution is 7.89. The number of pyridine rings is 1. The van der Waals surface area contributed by atoms with Crippen LogP contribution in [0.4, 0.5) is 0 Å². The van der Waals surface area contributed by atoms with Gasteiger partial charge in [0.1, 0.15) is 4.90 Å². The smallest absolute Gasteiger partial charge is 0.245 e. The van der Waals surface area contributed by atoms with E-state index in [9.17, 15) is 13.2 Å². The molecule has 0 amide bonds. The van der Waals surface area contributed by atoms with Crippen LogP contribution >= 0.6 is 0 Å². The highest BCUT2D eigenvalue weighted by atomic mass is 32.2. The molecule has 90 valence electrons. The van der Waals surface area contributed by atoms with E-state index in [-0.39, 0.29) is 24.0 Å². The Bertz CT molecular complexity index is 494. The van der Waals surface area contributed by atoms with Gasteiger partial charge in [-0.3, -0.25) is 4.79 Å². The highest BCUT2D eigenvalue weighted by Gasteiger charge is 2.17. The molecule has 16 heavy (non-hydrogen) atoms. The van der Waals surface area contributed by atoms with Gasteiger partial charge in [-0.05, 0) is 5.92 Å². The fourth-order valence-corrected chi connectivity index (χ4v) is 2.22. The summed E-state index contributed by atoms with van der Waals surface area (Å²) in [5, 5.41) is 8.75. The number of rotatable bonds is 5. The van der Waals surface area contributed by atoms with Gasteiger partial charge in [-0.25, -0.2) is 13.1 Å². The summed E-state index contributed by atoms with van der Waals surface area (Å²) in [7, 11) is -3.80. The third-order valence-electron chi connectivity index (χ3n) is 2.01. The van der Waals surface area contributed by atoms with Gasteiger partial charge in [0.05, 0.1) is 0 Å². The predicted molar refractivity (Wildman–Crippen MR) is 58.5 cm³/mol. The molecule has 0 saturated carbocycles. The molecule has 7 heteroatoms. The summed E-state index contributed by atoms with van der Waals surface area (Å²) in [6.45, 7) is 1.67. The number of aromatic amines is 1. The molecule has 1 heterocycles. The minimum Gasteiger partial charge on any atom is -0.396 e. The van der Waals surface area contributed by atoms with E-state index in [2.05, 4.69) is 9.71 Å². The average Bonchev–Trinajstić information content (AvgIpc) is 2.26. The van der Waals surface area contributed by atoms with Crippen LogP contribution in [0.2, 0.25) is 0 Å². The van der Waals surface area contributed by atoms with Gasteiger partial charge >= 0.3 is 0 Å². The van der Waals surface area contributed by atoms with E-state index in [0.29, 0.717) is 0 Å². The molecule has 0 aliphatic rings. The van der Waals surface area contributed by atoms with E-state index in [1.807, 2.05) is 0 Å². The summed E-state index contributed by atoms with van der Waals surface area (Å²) < 4.78 is 25.6. The van der Waals surface area contributed by atoms with Crippen LogP contribution in [0.15, 0.2) is 28.2 Å². The highest BCUT2D eigenvalue weighted by Crippen LogP contribution is 2.01. The standard InChI is InChI=1S/C9H14N2O4S/c1-7(6-12)4-11-16(14,15)9-5-10-3-2-8(9)13/h2-3,5,7,11-12H,4,6H2,1H3,(H,10,13). The zero-order valence-corrected chi connectivity index (χ0v) is 9.62. The second-order valence-electron chi connectivity index (χ2n) is 3.51. The molecule has 0 aromatic carbocycles. The summed E-state index contributed by atoms with van der Waals surface area (Å²) in [5.41, 5.74) is -0.567. The molecule has 0 spiro atoms. The molecule has 1 unspecified atom stereocenters. The average molecular weight is 246 g/mol. The first-order chi connectivity index (χ1) is 7.47. The Morgan fingerprint density at radius 3 is 2.81 bits per heavy atom. The van der Waals surface area contributed by atoms with Crippen molar-refractivity contribution in [3.05, 3.63) is 28.7 Å². The molecular weight excluding hydrogens is 232 g/mol. The third kappa shape index (κ3) is 3.16. The summed E-state index contributed by atoms with van der Waals surface area (Å²) in [5.74, 6) is -0.197. The maximum Gasteiger partial charge on any atom is 0.245 e. The van der Waals surface area contributed by atoms with Crippen molar-refractivity contribution in [1.29, 1.82) is 0 Å². The van der Waals surface area contributed by atoms with Crippen LogP contribution in [0, 0.1) is 5.92 Å². The molecule has 6 nitrogen and oxygen atoms in total. The van der Waals surface area contributed by atoms with E-state index >= 15 is 0 Å². The Morgan fingerprint density at radius 2 is 2.25 bits per heavy atom. The molecule has 1 aromatic rings. The van der Waals surface area contributed by atoms with Crippen molar-refractivity contribution in [3.8, 4) is 0 Å². The van der Waals surface area contributed by atoms with E-state index in [1.54, 1.807) is 6.92 Å². The van der Waals surface area contributed by atoms with Gasteiger partial charge in [0.15, 0.2) is 0 Å². The predicted octanol–water partition coefficient (Wildman–Crippen LogP) is -0.718. The maximum atomic E-state index is 11.7. The minimum absolute atomic E-state index is 0.0904. The largest absolute Gasteiger partial charge is 0.396 e. The number of aliphatic hydroxyl groups is 1. The molecule has 0 aliphatic heterocycles. The molecule has 0 saturated heterocycles. The molecule has 0 bridgehead atoms. The van der Waals surface area contributed by atoms with Crippen molar-refractivity contribution in [1.82, 2.24) is 9.71 Å². The van der Waals surface area contributed by atoms with Gasteiger partial charge in [0.25, 0.3) is 0 Å². The van der Waals surface area contributed by atoms with Crippen LogP contribution in [0.3, 0.4) is 0 Å². The fourth-order valence-electron chi connectivity index (χ4n) is 1.01. The van der Waals surface area contributed by atoms with E-state index in [0.717, 1.165) is 12.3 Å². The number of hydrogen-bond acceptors (Lipinski definition) is 4. The Kier molecular flexibility index (Phi) is 4.22. The second kappa shape index (κ2) is 5.24. The van der Waals surface area contributed by atoms with Gasteiger partial charge in [-0.1, -0.05) is 6.92 Å². The van der Waals surface area contributed by atoms with Crippen LogP contribution in [-0.4, -0.2) is 31.7 Å². The number of aromatic nitrogens is 1. The van der Waals surface area contributed by atoms with Gasteiger partial charge in [-0.15, -0.1) is 0 Å². The van der Waals surface area contributed by atoms with Gasteiger partial charge in [0, 0.05) is 31.6 Å². The molecule has 1 atom stereocenters. The second-order valence-corrected chi connectivity index (χ2v) is 5.25. The minimum atomic E-state index is -3.80. The van der Waals surface area contributed by atoms with Crippen molar-refractivity contribution in [2.75, 3.05) is 13.2 Å². The van der Waals surface area contributed by atoms with Crippen LogP contribution in [0.5, 0.6) is 0 Å². The van der Waals surface area contributed by atoms with Crippen molar-refractivity contribution in [2.24, 2.45) is 5.92 Å². The number of H-pyrrole nitrogens is 1. The Morgan fingerprint density at radius 1 is 1.56 bits per heavy atom. The van der Waals surface area contributed by atoms with Crippen molar-refractivity contribution in [3.63, 3.8) is 0 Å². The molecule has 1 aromatic heterocycles. The summed E-state index contributed by atoms with van der Waals surface area (Å²) >= 11 is 0. The fraction of sp³-hybridized carbons (Fsp3) is 0.444. The summed E-state index contributed by atoms with van der Waals surface area (Å²) in [4.78, 5) is 13.5. The first kappa shape index (κ1) is 12.9. The summed E-state index contributed by atoms with van der Waals surface area (Å²) in [6.07, 6.45) is 2.49. The number of hydrogen-bond donors (Lipinski definition) is 3. The van der Waals surface area contributed by atoms with E-state index in [1.165, 1.54) is 6.20 Å². The lowest BCUT2D eigenvalue weighted by atomic mass is 10.2. The quantitative estimate of drug-likeness (QED) is 0.638. The van der Waals surface area contributed by atoms with Crippen molar-refractivity contribution >= 4 is 10.0 Å². The zero-order valence-electron chi connectivity index (χ0n) is 8.80. The third-order valence-corrected chi connectivity index (χ3v) is 3.46. The molecular formula is C9H14N2O4S. The maximum absolute atomic E-state index is 11.7.